The molecule has 1 fully saturated rings. The average Bonchev–Trinajstić information content (AvgIpc) is 2.99. The molecule has 1 aromatic rings. The molecule has 1 amide bonds. The van der Waals surface area contributed by atoms with Crippen molar-refractivity contribution < 1.29 is 19.0 Å². The molecule has 0 bridgehead atoms. The molecule has 1 saturated heterocycles. The van der Waals surface area contributed by atoms with Crippen molar-refractivity contribution in [3.05, 3.63) is 29.8 Å². The number of rotatable bonds is 6. The van der Waals surface area contributed by atoms with Gasteiger partial charge in [-0.3, -0.25) is 4.98 Å². The summed E-state index contributed by atoms with van der Waals surface area (Å²) in [6.45, 7) is 11.4. The second-order valence-electron chi connectivity index (χ2n) is 9.00. The maximum absolute atomic E-state index is 13.2. The van der Waals surface area contributed by atoms with Crippen LogP contribution >= 0.6 is 0 Å². The van der Waals surface area contributed by atoms with Crippen LogP contribution in [0.1, 0.15) is 59.1 Å². The fraction of sp³-hybridized carbons (Fsp3) is 0.700. The van der Waals surface area contributed by atoms with E-state index in [1.54, 1.807) is 4.90 Å². The summed E-state index contributed by atoms with van der Waals surface area (Å²) >= 11 is 0. The van der Waals surface area contributed by atoms with Crippen molar-refractivity contribution in [3.63, 3.8) is 0 Å². The molecule has 0 unspecified atom stereocenters. The number of aromatic nitrogens is 1. The van der Waals surface area contributed by atoms with Crippen molar-refractivity contribution in [1.82, 2.24) is 15.2 Å². The van der Waals surface area contributed by atoms with E-state index in [2.05, 4.69) is 24.1 Å². The maximum Gasteiger partial charge on any atom is 0.410 e. The smallest absolute Gasteiger partial charge is 0.410 e. The van der Waals surface area contributed by atoms with E-state index in [4.69, 9.17) is 4.74 Å². The molecule has 6 nitrogen and oxygen atoms in total. The highest BCUT2D eigenvalue weighted by Crippen LogP contribution is 2.27. The van der Waals surface area contributed by atoms with E-state index in [1.165, 1.54) is 12.3 Å². The second kappa shape index (κ2) is 8.52. The highest BCUT2D eigenvalue weighted by Gasteiger charge is 2.33. The summed E-state index contributed by atoms with van der Waals surface area (Å²) in [4.78, 5) is 17.7. The minimum Gasteiger partial charge on any atom is -0.444 e. The number of carbonyl (C=O) groups excluding carboxylic acids is 1. The van der Waals surface area contributed by atoms with Gasteiger partial charge in [0.05, 0.1) is 12.3 Å². The van der Waals surface area contributed by atoms with Crippen LogP contribution in [0.4, 0.5) is 9.18 Å². The second-order valence-corrected chi connectivity index (χ2v) is 9.00. The first kappa shape index (κ1) is 21.6. The van der Waals surface area contributed by atoms with E-state index >= 15 is 0 Å². The normalized spacial score (nSPS) is 19.2. The third-order valence-electron chi connectivity index (χ3n) is 4.62. The topological polar surface area (TPSA) is 74.7 Å². The van der Waals surface area contributed by atoms with Crippen molar-refractivity contribution in [2.45, 2.75) is 64.7 Å². The summed E-state index contributed by atoms with van der Waals surface area (Å²) < 4.78 is 18.7. The molecule has 0 spiro atoms. The van der Waals surface area contributed by atoms with Gasteiger partial charge in [-0.1, -0.05) is 0 Å². The molecule has 2 rings (SSSR count). The minimum atomic E-state index is -0.825. The van der Waals surface area contributed by atoms with Crippen LogP contribution in [-0.2, 0) is 4.74 Å². The first-order chi connectivity index (χ1) is 12.5. The standard InChI is InChI=1S/C20H32FN3O3/c1-19(2,3)27-18(26)24-7-6-14(13-24)9-20(4,5)23-12-17(25)15-8-16(21)11-22-10-15/h8,10-11,14,17,23,25H,6-7,9,12-13H2,1-5H3/t14-,17+/m1/s1. The number of aliphatic hydroxyl groups is 1. The number of nitrogens with zero attached hydrogens (tertiary/aromatic N) is 2. The van der Waals surface area contributed by atoms with Gasteiger partial charge in [0.1, 0.15) is 11.4 Å². The van der Waals surface area contributed by atoms with E-state index in [-0.39, 0.29) is 11.6 Å². The molecule has 2 N–H and O–H groups in total. The van der Waals surface area contributed by atoms with E-state index in [1.807, 2.05) is 20.8 Å². The fourth-order valence-corrected chi connectivity index (χ4v) is 3.39. The number of likely N-dealkylation sites (tertiary alicyclic amines) is 1. The zero-order chi connectivity index (χ0) is 20.2. The Morgan fingerprint density at radius 1 is 1.41 bits per heavy atom. The number of β-amino-alcohol motifs (C(OH)–C–C–N with tert-alkyl or cyclic N) is 1. The molecular weight excluding hydrogens is 349 g/mol. The maximum atomic E-state index is 13.2. The van der Waals surface area contributed by atoms with Gasteiger partial charge in [0.15, 0.2) is 0 Å². The Bertz CT molecular complexity index is 646. The molecule has 1 aliphatic rings. The van der Waals surface area contributed by atoms with Crippen molar-refractivity contribution >= 4 is 6.09 Å². The largest absolute Gasteiger partial charge is 0.444 e. The first-order valence-electron chi connectivity index (χ1n) is 9.47. The van der Waals surface area contributed by atoms with E-state index in [9.17, 15) is 14.3 Å². The lowest BCUT2D eigenvalue weighted by molar-refractivity contribution is 0.0285. The van der Waals surface area contributed by atoms with Crippen LogP contribution in [0.2, 0.25) is 0 Å². The van der Waals surface area contributed by atoms with Crippen LogP contribution in [0.3, 0.4) is 0 Å². The Morgan fingerprint density at radius 2 is 2.11 bits per heavy atom. The SMILES string of the molecule is CC(C)(C[C@H]1CCN(C(=O)OC(C)(C)C)C1)NC[C@H](O)c1cncc(F)c1. The molecular formula is C20H32FN3O3. The summed E-state index contributed by atoms with van der Waals surface area (Å²) in [6, 6.07) is 1.29. The predicted octanol–water partition coefficient (Wildman–Crippen LogP) is 3.27. The van der Waals surface area contributed by atoms with Crippen molar-refractivity contribution in [1.29, 1.82) is 0 Å². The molecule has 0 aliphatic carbocycles. The van der Waals surface area contributed by atoms with E-state index < -0.39 is 17.5 Å². The minimum absolute atomic E-state index is 0.226. The number of hydrogen-bond acceptors (Lipinski definition) is 5. The van der Waals surface area contributed by atoms with Gasteiger partial charge >= 0.3 is 6.09 Å². The summed E-state index contributed by atoms with van der Waals surface area (Å²) in [5.74, 6) is -0.0907. The summed E-state index contributed by atoms with van der Waals surface area (Å²) in [5, 5.41) is 13.6. The fourth-order valence-electron chi connectivity index (χ4n) is 3.39. The molecule has 7 heteroatoms. The molecule has 27 heavy (non-hydrogen) atoms. The summed E-state index contributed by atoms with van der Waals surface area (Å²) in [7, 11) is 0. The number of pyridine rings is 1. The lowest BCUT2D eigenvalue weighted by atomic mass is 9.89. The zero-order valence-corrected chi connectivity index (χ0v) is 17.0. The van der Waals surface area contributed by atoms with Crippen molar-refractivity contribution in [2.24, 2.45) is 5.92 Å². The Morgan fingerprint density at radius 3 is 2.74 bits per heavy atom. The van der Waals surface area contributed by atoms with E-state index in [0.29, 0.717) is 31.1 Å². The number of ether oxygens (including phenoxy) is 1. The van der Waals surface area contributed by atoms with E-state index in [0.717, 1.165) is 19.0 Å². The third kappa shape index (κ3) is 7.07. The van der Waals surface area contributed by atoms with Gasteiger partial charge in [0.2, 0.25) is 0 Å². The summed E-state index contributed by atoms with van der Waals surface area (Å²) in [6.07, 6.45) is 3.29. The van der Waals surface area contributed by atoms with Gasteiger partial charge in [-0.05, 0) is 59.4 Å². The number of aliphatic hydroxyl groups excluding tert-OH is 1. The number of hydrogen-bond donors (Lipinski definition) is 2. The van der Waals surface area contributed by atoms with Gasteiger partial charge in [-0.2, -0.15) is 0 Å². The Labute approximate surface area is 161 Å². The average molecular weight is 381 g/mol. The number of halogens is 1. The Kier molecular flexibility index (Phi) is 6.81. The molecule has 0 aromatic carbocycles. The number of nitrogens with one attached hydrogen (secondary N) is 1. The lowest BCUT2D eigenvalue weighted by Crippen LogP contribution is -2.43. The zero-order valence-electron chi connectivity index (χ0n) is 17.0. The molecule has 1 aliphatic heterocycles. The molecule has 0 radical (unpaired) electrons. The van der Waals surface area contributed by atoms with Crippen molar-refractivity contribution in [2.75, 3.05) is 19.6 Å². The number of amides is 1. The number of carbonyl (C=O) groups is 1. The Hall–Kier alpha value is -1.73. The van der Waals surface area contributed by atoms with Crippen LogP contribution in [0.25, 0.3) is 0 Å². The summed E-state index contributed by atoms with van der Waals surface area (Å²) in [5.41, 5.74) is -0.260. The van der Waals surface area contributed by atoms with Crippen molar-refractivity contribution in [3.8, 4) is 0 Å². The molecule has 1 aromatic heterocycles. The van der Waals surface area contributed by atoms with Crippen LogP contribution in [0.5, 0.6) is 0 Å². The highest BCUT2D eigenvalue weighted by molar-refractivity contribution is 5.68. The van der Waals surface area contributed by atoms with Gasteiger partial charge in [0, 0.05) is 36.9 Å². The highest BCUT2D eigenvalue weighted by atomic mass is 19.1. The van der Waals surface area contributed by atoms with Crippen LogP contribution < -0.4 is 5.32 Å². The molecule has 2 heterocycles. The first-order valence-corrected chi connectivity index (χ1v) is 9.47. The monoisotopic (exact) mass is 381 g/mol. The third-order valence-corrected chi connectivity index (χ3v) is 4.62. The molecule has 2 atom stereocenters. The Balaban J connectivity index is 1.81. The van der Waals surface area contributed by atoms with Crippen LogP contribution in [-0.4, -0.2) is 51.9 Å². The molecule has 0 saturated carbocycles. The predicted molar refractivity (Wildman–Crippen MR) is 102 cm³/mol. The molecule has 152 valence electrons. The van der Waals surface area contributed by atoms with Crippen LogP contribution in [0.15, 0.2) is 18.5 Å². The van der Waals surface area contributed by atoms with Gasteiger partial charge < -0.3 is 20.1 Å². The van der Waals surface area contributed by atoms with Gasteiger partial charge in [0.25, 0.3) is 0 Å². The quantitative estimate of drug-likeness (QED) is 0.791. The lowest BCUT2D eigenvalue weighted by Gasteiger charge is -2.31. The van der Waals surface area contributed by atoms with Gasteiger partial charge in [-0.15, -0.1) is 0 Å². The van der Waals surface area contributed by atoms with Crippen LogP contribution in [0, 0.1) is 11.7 Å². The van der Waals surface area contributed by atoms with Gasteiger partial charge in [-0.25, -0.2) is 9.18 Å².